The largest absolute Gasteiger partial charge is 0.463 e. The zero-order valence-corrected chi connectivity index (χ0v) is 13.2. The molecule has 7 heteroatoms. The summed E-state index contributed by atoms with van der Waals surface area (Å²) in [5.74, 6) is 0.951. The van der Waals surface area contributed by atoms with Crippen LogP contribution in [-0.4, -0.2) is 40.1 Å². The number of aromatic nitrogens is 2. The standard InChI is InChI=1S/C16H21N3O4/c1-10(2)19-15(7-12(18-19)14-4-3-5-23-14)17-16(21)6-11-8-22-9-13(11)20/h3-5,7,10-11,13,20H,6,8-9H2,1-2H3,(H,17,21)/t11-,13-/m1/s1. The third-order valence-corrected chi connectivity index (χ3v) is 3.88. The quantitative estimate of drug-likeness (QED) is 0.880. The first kappa shape index (κ1) is 15.8. The third-order valence-electron chi connectivity index (χ3n) is 3.88. The maximum atomic E-state index is 12.2. The van der Waals surface area contributed by atoms with Gasteiger partial charge in [0.15, 0.2) is 5.76 Å². The van der Waals surface area contributed by atoms with Crippen molar-refractivity contribution in [2.75, 3.05) is 18.5 Å². The van der Waals surface area contributed by atoms with Gasteiger partial charge in [-0.25, -0.2) is 4.68 Å². The molecule has 0 radical (unpaired) electrons. The number of amides is 1. The second-order valence-corrected chi connectivity index (χ2v) is 6.05. The Balaban J connectivity index is 1.74. The van der Waals surface area contributed by atoms with Crippen LogP contribution < -0.4 is 5.32 Å². The summed E-state index contributed by atoms with van der Waals surface area (Å²) in [7, 11) is 0. The van der Waals surface area contributed by atoms with Crippen LogP contribution in [0, 0.1) is 5.92 Å². The van der Waals surface area contributed by atoms with E-state index in [1.807, 2.05) is 19.9 Å². The highest BCUT2D eigenvalue weighted by molar-refractivity contribution is 5.90. The molecule has 2 aromatic heterocycles. The molecule has 0 bridgehead atoms. The predicted octanol–water partition coefficient (Wildman–Crippen LogP) is 2.06. The molecule has 1 aliphatic heterocycles. The second kappa shape index (κ2) is 6.55. The predicted molar refractivity (Wildman–Crippen MR) is 83.9 cm³/mol. The summed E-state index contributed by atoms with van der Waals surface area (Å²) in [6, 6.07) is 5.50. The Hall–Kier alpha value is -2.12. The number of furan rings is 1. The fourth-order valence-electron chi connectivity index (χ4n) is 2.64. The highest BCUT2D eigenvalue weighted by Gasteiger charge is 2.28. The van der Waals surface area contributed by atoms with Gasteiger partial charge < -0.3 is 19.6 Å². The van der Waals surface area contributed by atoms with Crippen molar-refractivity contribution >= 4 is 11.7 Å². The van der Waals surface area contributed by atoms with Gasteiger partial charge in [0.1, 0.15) is 11.5 Å². The number of anilines is 1. The van der Waals surface area contributed by atoms with Crippen molar-refractivity contribution in [1.29, 1.82) is 0 Å². The van der Waals surface area contributed by atoms with Gasteiger partial charge >= 0.3 is 0 Å². The SMILES string of the molecule is CC(C)n1nc(-c2ccco2)cc1NC(=O)C[C@@H]1COC[C@H]1O. The van der Waals surface area contributed by atoms with Crippen LogP contribution in [0.1, 0.15) is 26.3 Å². The van der Waals surface area contributed by atoms with E-state index in [2.05, 4.69) is 10.4 Å². The Kier molecular flexibility index (Phi) is 4.49. The van der Waals surface area contributed by atoms with Crippen LogP contribution in [0.5, 0.6) is 0 Å². The summed E-state index contributed by atoms with van der Waals surface area (Å²) in [6.07, 6.45) is 1.23. The molecular formula is C16H21N3O4. The minimum absolute atomic E-state index is 0.0921. The molecule has 23 heavy (non-hydrogen) atoms. The van der Waals surface area contributed by atoms with E-state index < -0.39 is 6.10 Å². The molecule has 7 nitrogen and oxygen atoms in total. The number of carbonyl (C=O) groups is 1. The molecule has 0 spiro atoms. The van der Waals surface area contributed by atoms with Crippen LogP contribution in [0.3, 0.4) is 0 Å². The van der Waals surface area contributed by atoms with Crippen molar-refractivity contribution in [1.82, 2.24) is 9.78 Å². The maximum absolute atomic E-state index is 12.2. The van der Waals surface area contributed by atoms with E-state index in [1.54, 1.807) is 23.1 Å². The van der Waals surface area contributed by atoms with Gasteiger partial charge in [-0.2, -0.15) is 5.10 Å². The van der Waals surface area contributed by atoms with Gasteiger partial charge in [0.05, 0.1) is 25.6 Å². The molecule has 0 unspecified atom stereocenters. The van der Waals surface area contributed by atoms with Gasteiger partial charge in [0, 0.05) is 24.4 Å². The van der Waals surface area contributed by atoms with E-state index in [0.717, 1.165) is 0 Å². The lowest BCUT2D eigenvalue weighted by atomic mass is 10.0. The van der Waals surface area contributed by atoms with Gasteiger partial charge in [-0.1, -0.05) is 0 Å². The first-order chi connectivity index (χ1) is 11.0. The molecule has 2 aromatic rings. The van der Waals surface area contributed by atoms with Crippen LogP contribution in [-0.2, 0) is 9.53 Å². The Bertz CT molecular complexity index is 663. The Morgan fingerprint density at radius 2 is 2.35 bits per heavy atom. The van der Waals surface area contributed by atoms with E-state index in [9.17, 15) is 9.90 Å². The van der Waals surface area contributed by atoms with Gasteiger partial charge in [-0.05, 0) is 26.0 Å². The molecule has 1 fully saturated rings. The molecule has 1 saturated heterocycles. The molecule has 2 N–H and O–H groups in total. The van der Waals surface area contributed by atoms with E-state index >= 15 is 0 Å². The van der Waals surface area contributed by atoms with Crippen molar-refractivity contribution in [2.24, 2.45) is 5.92 Å². The molecule has 0 saturated carbocycles. The lowest BCUT2D eigenvalue weighted by molar-refractivity contribution is -0.117. The lowest BCUT2D eigenvalue weighted by Crippen LogP contribution is -2.25. The molecule has 1 aliphatic rings. The normalized spacial score (nSPS) is 21.0. The minimum atomic E-state index is -0.575. The summed E-state index contributed by atoms with van der Waals surface area (Å²) < 4.78 is 12.3. The highest BCUT2D eigenvalue weighted by atomic mass is 16.5. The van der Waals surface area contributed by atoms with Crippen LogP contribution in [0.25, 0.3) is 11.5 Å². The van der Waals surface area contributed by atoms with E-state index in [4.69, 9.17) is 9.15 Å². The van der Waals surface area contributed by atoms with E-state index in [1.165, 1.54) is 0 Å². The first-order valence-electron chi connectivity index (χ1n) is 7.73. The zero-order valence-electron chi connectivity index (χ0n) is 13.2. The fraction of sp³-hybridized carbons (Fsp3) is 0.500. The summed E-state index contributed by atoms with van der Waals surface area (Å²) in [5, 5.41) is 17.1. The molecule has 124 valence electrons. The number of hydrogen-bond acceptors (Lipinski definition) is 5. The molecule has 0 aliphatic carbocycles. The molecule has 2 atom stereocenters. The van der Waals surface area contributed by atoms with Crippen LogP contribution >= 0.6 is 0 Å². The van der Waals surface area contributed by atoms with E-state index in [-0.39, 0.29) is 24.3 Å². The van der Waals surface area contributed by atoms with Gasteiger partial charge in [-0.3, -0.25) is 4.79 Å². The number of nitrogens with one attached hydrogen (secondary N) is 1. The zero-order chi connectivity index (χ0) is 16.4. The molecule has 3 rings (SSSR count). The number of ether oxygens (including phenoxy) is 1. The smallest absolute Gasteiger partial charge is 0.225 e. The van der Waals surface area contributed by atoms with Crippen molar-refractivity contribution in [3.8, 4) is 11.5 Å². The molecule has 3 heterocycles. The average molecular weight is 319 g/mol. The van der Waals surface area contributed by atoms with Gasteiger partial charge in [0.2, 0.25) is 5.91 Å². The molecule has 0 aromatic carbocycles. The highest BCUT2D eigenvalue weighted by Crippen LogP contribution is 2.25. The first-order valence-corrected chi connectivity index (χ1v) is 7.73. The average Bonchev–Trinajstić information content (AvgIpc) is 3.20. The fourth-order valence-corrected chi connectivity index (χ4v) is 2.64. The Labute approximate surface area is 134 Å². The number of carbonyl (C=O) groups excluding carboxylic acids is 1. The lowest BCUT2D eigenvalue weighted by Gasteiger charge is -2.14. The van der Waals surface area contributed by atoms with Crippen molar-refractivity contribution in [2.45, 2.75) is 32.4 Å². The summed E-state index contributed by atoms with van der Waals surface area (Å²) in [6.45, 7) is 4.69. The van der Waals surface area contributed by atoms with Gasteiger partial charge in [0.25, 0.3) is 0 Å². The Morgan fingerprint density at radius 1 is 1.52 bits per heavy atom. The number of nitrogens with zero attached hydrogens (tertiary/aromatic N) is 2. The number of aliphatic hydroxyl groups is 1. The summed E-state index contributed by atoms with van der Waals surface area (Å²) in [5.41, 5.74) is 0.670. The summed E-state index contributed by atoms with van der Waals surface area (Å²) in [4.78, 5) is 12.2. The molecular weight excluding hydrogens is 298 g/mol. The van der Waals surface area contributed by atoms with Crippen LogP contribution in [0.15, 0.2) is 28.9 Å². The van der Waals surface area contributed by atoms with Crippen LogP contribution in [0.4, 0.5) is 5.82 Å². The Morgan fingerprint density at radius 3 is 2.96 bits per heavy atom. The van der Waals surface area contributed by atoms with Crippen molar-refractivity contribution in [3.63, 3.8) is 0 Å². The van der Waals surface area contributed by atoms with Crippen molar-refractivity contribution < 1.29 is 19.1 Å². The minimum Gasteiger partial charge on any atom is -0.463 e. The molecule has 1 amide bonds. The summed E-state index contributed by atoms with van der Waals surface area (Å²) >= 11 is 0. The maximum Gasteiger partial charge on any atom is 0.225 e. The topological polar surface area (TPSA) is 89.5 Å². The monoisotopic (exact) mass is 319 g/mol. The van der Waals surface area contributed by atoms with Crippen LogP contribution in [0.2, 0.25) is 0 Å². The van der Waals surface area contributed by atoms with E-state index in [0.29, 0.717) is 30.5 Å². The van der Waals surface area contributed by atoms with Crippen molar-refractivity contribution in [3.05, 3.63) is 24.5 Å². The number of rotatable bonds is 5. The number of aliphatic hydroxyl groups excluding tert-OH is 1. The number of hydrogen-bond donors (Lipinski definition) is 2. The third kappa shape index (κ3) is 3.46. The van der Waals surface area contributed by atoms with Gasteiger partial charge in [-0.15, -0.1) is 0 Å². The second-order valence-electron chi connectivity index (χ2n) is 6.05.